The van der Waals surface area contributed by atoms with Crippen LogP contribution in [-0.2, 0) is 9.59 Å². The summed E-state index contributed by atoms with van der Waals surface area (Å²) in [6, 6.07) is 2.78. The fourth-order valence-corrected chi connectivity index (χ4v) is 1.52. The molecule has 6 nitrogen and oxygen atoms in total. The average Bonchev–Trinajstić information content (AvgIpc) is 2.58. The van der Waals surface area contributed by atoms with Gasteiger partial charge in [-0.1, -0.05) is 0 Å². The minimum atomic E-state index is -1.17. The van der Waals surface area contributed by atoms with Gasteiger partial charge in [0.1, 0.15) is 5.69 Å². The molecule has 0 unspecified atom stereocenters. The lowest BCUT2D eigenvalue weighted by atomic mass is 10.3. The van der Waals surface area contributed by atoms with Crippen molar-refractivity contribution in [1.82, 2.24) is 4.98 Å². The van der Waals surface area contributed by atoms with E-state index in [0.29, 0.717) is 5.69 Å². The molecule has 2 heterocycles. The first kappa shape index (κ1) is 10.3. The highest BCUT2D eigenvalue weighted by molar-refractivity contribution is 6.15. The number of hydrogen-bond acceptors (Lipinski definition) is 4. The van der Waals surface area contributed by atoms with Crippen LogP contribution in [0.25, 0.3) is 0 Å². The quantitative estimate of drug-likeness (QED) is 0.713. The zero-order chi connectivity index (χ0) is 11.7. The Labute approximate surface area is 90.5 Å². The number of amides is 1. The molecule has 0 aromatic carbocycles. The smallest absolute Gasteiger partial charge is 0.354 e. The van der Waals surface area contributed by atoms with Gasteiger partial charge in [-0.3, -0.25) is 9.59 Å². The topological polar surface area (TPSA) is 87.6 Å². The van der Waals surface area contributed by atoms with Gasteiger partial charge in [-0.2, -0.15) is 0 Å². The fourth-order valence-electron chi connectivity index (χ4n) is 1.52. The van der Waals surface area contributed by atoms with Gasteiger partial charge in [0.25, 0.3) is 0 Å². The van der Waals surface area contributed by atoms with Gasteiger partial charge in [0.15, 0.2) is 5.78 Å². The van der Waals surface area contributed by atoms with Crippen LogP contribution in [0.4, 0.5) is 5.69 Å². The molecule has 1 fully saturated rings. The van der Waals surface area contributed by atoms with Crippen molar-refractivity contribution in [2.45, 2.75) is 6.42 Å². The van der Waals surface area contributed by atoms with Crippen LogP contribution in [0.5, 0.6) is 0 Å². The summed E-state index contributed by atoms with van der Waals surface area (Å²) in [5, 5.41) is 8.74. The number of ketones is 1. The number of nitrogens with zero attached hydrogens (tertiary/aromatic N) is 2. The monoisotopic (exact) mass is 220 g/mol. The highest BCUT2D eigenvalue weighted by Gasteiger charge is 2.28. The molecule has 0 spiro atoms. The second-order valence-corrected chi connectivity index (χ2v) is 3.40. The fraction of sp³-hybridized carbons (Fsp3) is 0.200. The third-order valence-electron chi connectivity index (χ3n) is 2.26. The normalized spacial score (nSPS) is 15.6. The molecule has 0 saturated carbocycles. The molecule has 1 aromatic rings. The Bertz CT molecular complexity index is 483. The van der Waals surface area contributed by atoms with Crippen molar-refractivity contribution in [3.63, 3.8) is 0 Å². The minimum Gasteiger partial charge on any atom is -0.477 e. The van der Waals surface area contributed by atoms with E-state index in [1.165, 1.54) is 23.2 Å². The number of Topliss-reactive ketones (excluding diaryl/α,β-unsaturated/α-hetero) is 1. The van der Waals surface area contributed by atoms with E-state index >= 15 is 0 Å². The molecule has 1 saturated heterocycles. The Morgan fingerprint density at radius 2 is 2.19 bits per heavy atom. The van der Waals surface area contributed by atoms with Crippen molar-refractivity contribution >= 4 is 23.3 Å². The number of rotatable bonds is 2. The van der Waals surface area contributed by atoms with Gasteiger partial charge in [-0.25, -0.2) is 9.78 Å². The number of carbonyl (C=O) groups is 3. The lowest BCUT2D eigenvalue weighted by Crippen LogP contribution is -2.24. The van der Waals surface area contributed by atoms with E-state index in [2.05, 4.69) is 4.98 Å². The van der Waals surface area contributed by atoms with Gasteiger partial charge in [0, 0.05) is 11.9 Å². The summed E-state index contributed by atoms with van der Waals surface area (Å²) >= 11 is 0. The number of pyridine rings is 1. The summed E-state index contributed by atoms with van der Waals surface area (Å²) in [5.74, 6) is -1.65. The van der Waals surface area contributed by atoms with Crippen LogP contribution in [0.2, 0.25) is 0 Å². The Morgan fingerprint density at radius 1 is 1.44 bits per heavy atom. The predicted molar refractivity (Wildman–Crippen MR) is 53.2 cm³/mol. The molecule has 0 bridgehead atoms. The van der Waals surface area contributed by atoms with E-state index in [1.807, 2.05) is 0 Å². The standard InChI is InChI=1S/C10H8N2O4/c13-7-4-9(14)12(5-7)6-1-2-11-8(3-6)10(15)16/h1-3H,4-5H2,(H,15,16). The van der Waals surface area contributed by atoms with Gasteiger partial charge in [-0.05, 0) is 12.1 Å². The van der Waals surface area contributed by atoms with Crippen molar-refractivity contribution in [3.8, 4) is 0 Å². The van der Waals surface area contributed by atoms with Crippen LogP contribution in [0, 0.1) is 0 Å². The zero-order valence-electron chi connectivity index (χ0n) is 8.21. The van der Waals surface area contributed by atoms with E-state index < -0.39 is 5.97 Å². The van der Waals surface area contributed by atoms with Gasteiger partial charge in [0.05, 0.1) is 13.0 Å². The highest BCUT2D eigenvalue weighted by Crippen LogP contribution is 2.19. The number of aromatic carboxylic acids is 1. The summed E-state index contributed by atoms with van der Waals surface area (Å²) in [5.41, 5.74) is 0.243. The predicted octanol–water partition coefficient (Wildman–Crippen LogP) is 0.0856. The summed E-state index contributed by atoms with van der Waals surface area (Å²) in [6.07, 6.45) is 1.18. The number of carboxylic acid groups (broad SMARTS) is 1. The number of aromatic nitrogens is 1. The van der Waals surface area contributed by atoms with Crippen LogP contribution in [0.1, 0.15) is 16.9 Å². The number of hydrogen-bond donors (Lipinski definition) is 1. The molecule has 0 aliphatic carbocycles. The van der Waals surface area contributed by atoms with Crippen LogP contribution in [0.15, 0.2) is 18.3 Å². The van der Waals surface area contributed by atoms with Crippen molar-refractivity contribution < 1.29 is 19.5 Å². The molecule has 1 aromatic heterocycles. The maximum Gasteiger partial charge on any atom is 0.354 e. The first-order valence-electron chi connectivity index (χ1n) is 4.59. The second kappa shape index (κ2) is 3.73. The third kappa shape index (κ3) is 1.77. The Morgan fingerprint density at radius 3 is 2.75 bits per heavy atom. The Balaban J connectivity index is 2.34. The maximum absolute atomic E-state index is 11.4. The van der Waals surface area contributed by atoms with Gasteiger partial charge in [-0.15, -0.1) is 0 Å². The van der Waals surface area contributed by atoms with E-state index in [-0.39, 0.29) is 30.3 Å². The molecule has 0 radical (unpaired) electrons. The summed E-state index contributed by atoms with van der Waals surface area (Å²) in [7, 11) is 0. The Hall–Kier alpha value is -2.24. The van der Waals surface area contributed by atoms with Crippen molar-refractivity contribution in [3.05, 3.63) is 24.0 Å². The molecular weight excluding hydrogens is 212 g/mol. The molecule has 1 aliphatic rings. The average molecular weight is 220 g/mol. The minimum absolute atomic E-state index is 0.00189. The van der Waals surface area contributed by atoms with Crippen molar-refractivity contribution in [2.24, 2.45) is 0 Å². The van der Waals surface area contributed by atoms with E-state index in [4.69, 9.17) is 5.11 Å². The van der Waals surface area contributed by atoms with E-state index in [1.54, 1.807) is 0 Å². The van der Waals surface area contributed by atoms with E-state index in [9.17, 15) is 14.4 Å². The van der Waals surface area contributed by atoms with Gasteiger partial charge in [0.2, 0.25) is 5.91 Å². The molecule has 2 rings (SSSR count). The summed E-state index contributed by atoms with van der Waals surface area (Å²) in [4.78, 5) is 38.0. The molecule has 1 N–H and O–H groups in total. The maximum atomic E-state index is 11.4. The SMILES string of the molecule is O=C1CC(=O)N(c2ccnc(C(=O)O)c2)C1. The lowest BCUT2D eigenvalue weighted by Gasteiger charge is -2.14. The van der Waals surface area contributed by atoms with Crippen LogP contribution < -0.4 is 4.90 Å². The number of carbonyl (C=O) groups excluding carboxylic acids is 2. The molecule has 0 atom stereocenters. The number of anilines is 1. The van der Waals surface area contributed by atoms with Crippen molar-refractivity contribution in [2.75, 3.05) is 11.4 Å². The molecular formula is C10H8N2O4. The molecule has 1 aliphatic heterocycles. The molecule has 82 valence electrons. The van der Waals surface area contributed by atoms with Gasteiger partial charge < -0.3 is 10.0 Å². The third-order valence-corrected chi connectivity index (χ3v) is 2.26. The first-order chi connectivity index (χ1) is 7.58. The largest absolute Gasteiger partial charge is 0.477 e. The number of carboxylic acids is 1. The van der Waals surface area contributed by atoms with Crippen LogP contribution in [-0.4, -0.2) is 34.3 Å². The molecule has 1 amide bonds. The highest BCUT2D eigenvalue weighted by atomic mass is 16.4. The van der Waals surface area contributed by atoms with Gasteiger partial charge >= 0.3 is 5.97 Å². The first-order valence-corrected chi connectivity index (χ1v) is 4.59. The van der Waals surface area contributed by atoms with Crippen LogP contribution >= 0.6 is 0 Å². The van der Waals surface area contributed by atoms with Crippen molar-refractivity contribution in [1.29, 1.82) is 0 Å². The zero-order valence-corrected chi connectivity index (χ0v) is 8.21. The van der Waals surface area contributed by atoms with Crippen LogP contribution in [0.3, 0.4) is 0 Å². The summed E-state index contributed by atoms with van der Waals surface area (Å²) < 4.78 is 0. The van der Waals surface area contributed by atoms with E-state index in [0.717, 1.165) is 0 Å². The molecule has 16 heavy (non-hydrogen) atoms. The Kier molecular flexibility index (Phi) is 2.40. The second-order valence-electron chi connectivity index (χ2n) is 3.40. The molecule has 6 heteroatoms. The summed E-state index contributed by atoms with van der Waals surface area (Å²) in [6.45, 7) is 0.00189. The lowest BCUT2D eigenvalue weighted by molar-refractivity contribution is -0.121.